The summed E-state index contributed by atoms with van der Waals surface area (Å²) in [4.78, 5) is -2.65. The molecule has 0 aliphatic rings. The van der Waals surface area contributed by atoms with Crippen molar-refractivity contribution in [3.8, 4) is 0 Å². The summed E-state index contributed by atoms with van der Waals surface area (Å²) in [5, 5.41) is 0. The lowest BCUT2D eigenvalue weighted by molar-refractivity contribution is -0.141. The molecule has 0 aromatic heterocycles. The number of benzene rings is 2. The fourth-order valence-corrected chi connectivity index (χ4v) is 4.65. The quantitative estimate of drug-likeness (QED) is 0.510. The van der Waals surface area contributed by atoms with Crippen LogP contribution in [0.5, 0.6) is 0 Å². The highest BCUT2D eigenvalue weighted by atomic mass is 32.2. The summed E-state index contributed by atoms with van der Waals surface area (Å²) < 4.78 is 138. The minimum Gasteiger partial charge on any atom is -0.744 e. The first-order chi connectivity index (χ1) is 13.5. The summed E-state index contributed by atoms with van der Waals surface area (Å²) in [6, 6.07) is 5.35. The van der Waals surface area contributed by atoms with E-state index in [0.717, 1.165) is 24.3 Å². The predicted molar refractivity (Wildman–Crippen MR) is 89.7 cm³/mol. The molecule has 166 valence electrons. The normalized spacial score (nSPS) is 13.4. The lowest BCUT2D eigenvalue weighted by atomic mass is 10.0. The molecule has 0 saturated heterocycles. The maximum absolute atomic E-state index is 13.3. The second-order valence-electron chi connectivity index (χ2n) is 5.88. The van der Waals surface area contributed by atoms with Crippen LogP contribution < -0.4 is 4.72 Å². The van der Waals surface area contributed by atoms with Crippen LogP contribution in [0.4, 0.5) is 26.3 Å². The fraction of sp³-hybridized carbons (Fsp3) is 0.250. The maximum atomic E-state index is 13.3. The van der Waals surface area contributed by atoms with Gasteiger partial charge in [0.1, 0.15) is 10.1 Å². The van der Waals surface area contributed by atoms with Crippen LogP contribution in [-0.4, -0.2) is 27.9 Å². The second kappa shape index (κ2) is 8.17. The Balaban J connectivity index is 2.35. The molecule has 14 heteroatoms. The minimum atomic E-state index is -5.49. The third kappa shape index (κ3) is 5.50. The SMILES string of the molecule is O=S(=O)([O-])c1cccc(CCNS(=O)(=O)c2ccccc2C(F)(F)F)c1C(F)(F)F. The Morgan fingerprint density at radius 1 is 0.800 bits per heavy atom. The monoisotopic (exact) mass is 476 g/mol. The zero-order valence-electron chi connectivity index (χ0n) is 14.6. The molecule has 2 rings (SSSR count). The van der Waals surface area contributed by atoms with Crippen molar-refractivity contribution in [2.45, 2.75) is 28.6 Å². The Morgan fingerprint density at radius 3 is 1.90 bits per heavy atom. The first-order valence-corrected chi connectivity index (χ1v) is 10.7. The molecule has 0 bridgehead atoms. The van der Waals surface area contributed by atoms with E-state index in [4.69, 9.17) is 0 Å². The van der Waals surface area contributed by atoms with Crippen LogP contribution in [0, 0.1) is 0 Å². The van der Waals surface area contributed by atoms with E-state index in [-0.39, 0.29) is 0 Å². The lowest BCUT2D eigenvalue weighted by Crippen LogP contribution is -2.29. The van der Waals surface area contributed by atoms with E-state index < -0.39 is 71.9 Å². The van der Waals surface area contributed by atoms with Gasteiger partial charge in [-0.05, 0) is 30.2 Å². The summed E-state index contributed by atoms with van der Waals surface area (Å²) in [5.74, 6) is 0. The van der Waals surface area contributed by atoms with E-state index in [2.05, 4.69) is 0 Å². The summed E-state index contributed by atoms with van der Waals surface area (Å²) in [7, 11) is -10.3. The van der Waals surface area contributed by atoms with Crippen LogP contribution in [0.1, 0.15) is 16.7 Å². The van der Waals surface area contributed by atoms with E-state index in [1.807, 2.05) is 0 Å². The van der Waals surface area contributed by atoms with Crippen molar-refractivity contribution in [2.24, 2.45) is 0 Å². The molecular formula is C16H12F6NO5S2-. The van der Waals surface area contributed by atoms with Gasteiger partial charge in [0.2, 0.25) is 10.0 Å². The third-order valence-electron chi connectivity index (χ3n) is 3.83. The fourth-order valence-electron chi connectivity index (χ4n) is 2.65. The van der Waals surface area contributed by atoms with Crippen molar-refractivity contribution in [2.75, 3.05) is 6.54 Å². The van der Waals surface area contributed by atoms with Gasteiger partial charge in [0.15, 0.2) is 0 Å². The topological polar surface area (TPSA) is 103 Å². The van der Waals surface area contributed by atoms with E-state index in [1.165, 1.54) is 0 Å². The Morgan fingerprint density at radius 2 is 1.37 bits per heavy atom. The molecule has 0 fully saturated rings. The minimum absolute atomic E-state index is 0.457. The molecular weight excluding hydrogens is 464 g/mol. The molecule has 1 N–H and O–H groups in total. The van der Waals surface area contributed by atoms with Crippen LogP contribution >= 0.6 is 0 Å². The molecule has 0 aliphatic heterocycles. The second-order valence-corrected chi connectivity index (χ2v) is 8.97. The molecule has 0 saturated carbocycles. The average molecular weight is 476 g/mol. The molecule has 0 radical (unpaired) electrons. The molecule has 6 nitrogen and oxygen atoms in total. The molecule has 2 aromatic carbocycles. The molecule has 0 heterocycles. The van der Waals surface area contributed by atoms with Crippen LogP contribution in [0.2, 0.25) is 0 Å². The number of sulfonamides is 1. The van der Waals surface area contributed by atoms with E-state index in [1.54, 1.807) is 4.72 Å². The molecule has 0 spiro atoms. The molecule has 0 aliphatic carbocycles. The molecule has 0 atom stereocenters. The first kappa shape index (κ1) is 24.1. The van der Waals surface area contributed by atoms with Gasteiger partial charge in [0.05, 0.1) is 20.9 Å². The largest absolute Gasteiger partial charge is 0.744 e. The number of hydrogen-bond donors (Lipinski definition) is 1. The van der Waals surface area contributed by atoms with Crippen molar-refractivity contribution in [1.82, 2.24) is 4.72 Å². The highest BCUT2D eigenvalue weighted by molar-refractivity contribution is 7.89. The van der Waals surface area contributed by atoms with E-state index >= 15 is 0 Å². The van der Waals surface area contributed by atoms with Crippen molar-refractivity contribution >= 4 is 20.1 Å². The Bertz CT molecular complexity index is 1140. The van der Waals surface area contributed by atoms with Gasteiger partial charge in [-0.3, -0.25) is 0 Å². The molecule has 30 heavy (non-hydrogen) atoms. The van der Waals surface area contributed by atoms with Gasteiger partial charge in [-0.1, -0.05) is 24.3 Å². The first-order valence-electron chi connectivity index (χ1n) is 7.86. The zero-order chi connectivity index (χ0) is 23.0. The van der Waals surface area contributed by atoms with Crippen LogP contribution in [0.15, 0.2) is 52.3 Å². The van der Waals surface area contributed by atoms with Gasteiger partial charge < -0.3 is 4.55 Å². The standard InChI is InChI=1S/C16H13F6NO5S2/c17-15(18,19)11-5-1-2-6-12(11)29(24,25)23-9-8-10-4-3-7-13(30(26,27)28)14(10)16(20,21)22/h1-7,23H,8-9H2,(H,26,27,28)/p-1. The number of nitrogens with one attached hydrogen (secondary N) is 1. The van der Waals surface area contributed by atoms with E-state index in [9.17, 15) is 47.7 Å². The predicted octanol–water partition coefficient (Wildman–Crippen LogP) is 3.15. The average Bonchev–Trinajstić information content (AvgIpc) is 2.59. The van der Waals surface area contributed by atoms with E-state index in [0.29, 0.717) is 18.2 Å². The zero-order valence-corrected chi connectivity index (χ0v) is 16.2. The van der Waals surface area contributed by atoms with Gasteiger partial charge in [-0.25, -0.2) is 21.6 Å². The molecule has 0 unspecified atom stereocenters. The summed E-state index contributed by atoms with van der Waals surface area (Å²) in [6.45, 7) is -0.792. The highest BCUT2D eigenvalue weighted by Crippen LogP contribution is 2.37. The van der Waals surface area contributed by atoms with Crippen molar-refractivity contribution < 1.29 is 47.7 Å². The number of alkyl halides is 6. The molecule has 0 amide bonds. The van der Waals surface area contributed by atoms with Gasteiger partial charge in [-0.2, -0.15) is 26.3 Å². The summed E-state index contributed by atoms with van der Waals surface area (Å²) in [5.41, 5.74) is -3.94. The van der Waals surface area contributed by atoms with Gasteiger partial charge >= 0.3 is 12.4 Å². The number of halogens is 6. The molecule has 2 aromatic rings. The third-order valence-corrected chi connectivity index (χ3v) is 6.23. The van der Waals surface area contributed by atoms with Crippen LogP contribution in [0.3, 0.4) is 0 Å². The van der Waals surface area contributed by atoms with Crippen molar-refractivity contribution in [1.29, 1.82) is 0 Å². The van der Waals surface area contributed by atoms with Crippen LogP contribution in [-0.2, 0) is 38.9 Å². The van der Waals surface area contributed by atoms with Crippen LogP contribution in [0.25, 0.3) is 0 Å². The highest BCUT2D eigenvalue weighted by Gasteiger charge is 2.38. The Kier molecular flexibility index (Phi) is 6.57. The lowest BCUT2D eigenvalue weighted by Gasteiger charge is -2.19. The Labute approximate surface area is 167 Å². The van der Waals surface area contributed by atoms with Crippen molar-refractivity contribution in [3.63, 3.8) is 0 Å². The number of rotatable bonds is 6. The van der Waals surface area contributed by atoms with Gasteiger partial charge in [0, 0.05) is 6.54 Å². The smallest absolute Gasteiger partial charge is 0.417 e. The van der Waals surface area contributed by atoms with Gasteiger partial charge in [-0.15, -0.1) is 0 Å². The number of hydrogen-bond acceptors (Lipinski definition) is 5. The summed E-state index contributed by atoms with van der Waals surface area (Å²) >= 11 is 0. The summed E-state index contributed by atoms with van der Waals surface area (Å²) in [6.07, 6.45) is -11.0. The van der Waals surface area contributed by atoms with Gasteiger partial charge in [0.25, 0.3) is 0 Å². The maximum Gasteiger partial charge on any atom is 0.417 e. The van der Waals surface area contributed by atoms with Crippen molar-refractivity contribution in [3.05, 3.63) is 59.2 Å². The Hall–Kier alpha value is -2.16.